The fourth-order valence-corrected chi connectivity index (χ4v) is 13.5. The third-order valence-electron chi connectivity index (χ3n) is 15.5. The van der Waals surface area contributed by atoms with Crippen LogP contribution in [0.15, 0.2) is 149 Å². The Bertz CT molecular complexity index is 3530. The van der Waals surface area contributed by atoms with E-state index < -0.39 is 21.6 Å². The molecule has 9 rings (SSSR count). The number of aromatic nitrogens is 4. The lowest BCUT2D eigenvalue weighted by Crippen LogP contribution is -2.30. The molecule has 0 saturated carbocycles. The largest absolute Gasteiger partial charge is 0.491 e. The molecule has 0 saturated heterocycles. The van der Waals surface area contributed by atoms with Crippen LogP contribution in [-0.2, 0) is 60.5 Å². The van der Waals surface area contributed by atoms with Gasteiger partial charge >= 0.3 is 0 Å². The number of benzene rings is 5. The number of ether oxygens (including phenoxy) is 2. The number of rotatable bonds is 27. The standard InChI is InChI=1S/C70H86N8O6S2/c1-8-11-34-83-35-36-84-68-29-18-53(52-16-27-66-57(37-52)39-55(14-12-32-75(66)44-50(4)5)69(79)73-59-19-23-63(24-20-59)85(81)46-61-42-71-48-77(61)30-9-2)41-65(68)54-17-28-67-58(38-54)40-56(15-13-33-76(67)45-51(6)7)70(80)74-60-21-25-64(26-22-60)86(82)47-62-43-72-49-78(62)31-10-3/h16-29,37-43,48-51H,8-15,30-36,44-47H2,1-7H3,(H,73,79)(H,74,80)/b55-39?,56-40+. The van der Waals surface area contributed by atoms with Gasteiger partial charge in [-0.3, -0.25) is 18.0 Å². The van der Waals surface area contributed by atoms with Gasteiger partial charge in [0.25, 0.3) is 11.8 Å². The highest BCUT2D eigenvalue weighted by atomic mass is 32.2. The number of hydrogen-bond donors (Lipinski definition) is 2. The maximum Gasteiger partial charge on any atom is 0.251 e. The van der Waals surface area contributed by atoms with Gasteiger partial charge in [0, 0.05) is 108 Å². The van der Waals surface area contributed by atoms with E-state index in [0.717, 1.165) is 140 Å². The van der Waals surface area contributed by atoms with Crippen molar-refractivity contribution < 1.29 is 27.5 Å². The van der Waals surface area contributed by atoms with Crippen LogP contribution in [0.2, 0.25) is 0 Å². The summed E-state index contributed by atoms with van der Waals surface area (Å²) in [6.45, 7) is 21.8. The predicted octanol–water partition coefficient (Wildman–Crippen LogP) is 14.6. The van der Waals surface area contributed by atoms with Crippen molar-refractivity contribution in [3.05, 3.63) is 162 Å². The minimum atomic E-state index is -1.28. The zero-order valence-corrected chi connectivity index (χ0v) is 53.0. The summed E-state index contributed by atoms with van der Waals surface area (Å²) in [6.07, 6.45) is 18.0. The number of aryl methyl sites for hydroxylation is 2. The van der Waals surface area contributed by atoms with Gasteiger partial charge < -0.3 is 39.0 Å². The third-order valence-corrected chi connectivity index (χ3v) is 18.2. The van der Waals surface area contributed by atoms with E-state index in [0.29, 0.717) is 88.3 Å². The summed E-state index contributed by atoms with van der Waals surface area (Å²) >= 11 is 0. The molecule has 0 aliphatic carbocycles. The first-order valence-corrected chi connectivity index (χ1v) is 33.5. The first-order chi connectivity index (χ1) is 41.8. The molecular formula is C70H86N8O6S2. The van der Waals surface area contributed by atoms with E-state index in [2.05, 4.69) is 155 Å². The number of unbranched alkanes of at least 4 members (excludes halogenated alkanes) is 1. The fraction of sp³-hybridized carbons (Fsp3) is 0.400. The molecule has 454 valence electrons. The minimum Gasteiger partial charge on any atom is -0.491 e. The van der Waals surface area contributed by atoms with Crippen molar-refractivity contribution in [2.75, 3.05) is 66.4 Å². The quantitative estimate of drug-likeness (QED) is 0.0476. The Labute approximate surface area is 514 Å². The van der Waals surface area contributed by atoms with Crippen LogP contribution in [0.4, 0.5) is 22.7 Å². The number of nitrogens with zero attached hydrogens (tertiary/aromatic N) is 6. The lowest BCUT2D eigenvalue weighted by Gasteiger charge is -2.31. The molecule has 0 radical (unpaired) electrons. The molecule has 2 amide bonds. The topological polar surface area (TPSA) is 153 Å². The molecule has 0 spiro atoms. The van der Waals surface area contributed by atoms with Crippen LogP contribution in [0.1, 0.15) is 122 Å². The lowest BCUT2D eigenvalue weighted by atomic mass is 9.92. The molecule has 2 N–H and O–H groups in total. The second kappa shape index (κ2) is 30.8. The van der Waals surface area contributed by atoms with E-state index in [9.17, 15) is 18.0 Å². The van der Waals surface area contributed by atoms with Gasteiger partial charge in [-0.1, -0.05) is 73.1 Å². The Hall–Kier alpha value is -7.40. The normalized spacial score (nSPS) is 14.9. The summed E-state index contributed by atoms with van der Waals surface area (Å²) in [5.74, 6) is 1.97. The van der Waals surface area contributed by atoms with Crippen molar-refractivity contribution in [2.45, 2.75) is 134 Å². The summed E-state index contributed by atoms with van der Waals surface area (Å²) < 4.78 is 43.6. The van der Waals surface area contributed by atoms with Gasteiger partial charge in [0.2, 0.25) is 0 Å². The zero-order chi connectivity index (χ0) is 60.5. The van der Waals surface area contributed by atoms with E-state index >= 15 is 0 Å². The number of amides is 2. The molecule has 16 heteroatoms. The number of carbonyl (C=O) groups is 2. The molecule has 2 unspecified atom stereocenters. The van der Waals surface area contributed by atoms with Crippen LogP contribution in [0.3, 0.4) is 0 Å². The molecule has 2 aromatic heterocycles. The molecule has 0 bridgehead atoms. The minimum absolute atomic E-state index is 0.162. The number of nitrogens with one attached hydrogen (secondary N) is 2. The first kappa shape index (κ1) is 63.1. The monoisotopic (exact) mass is 1200 g/mol. The smallest absolute Gasteiger partial charge is 0.251 e. The molecule has 7 aromatic rings. The van der Waals surface area contributed by atoms with Gasteiger partial charge in [0.15, 0.2) is 0 Å². The average Bonchev–Trinajstić information content (AvgIpc) is 1.81. The van der Waals surface area contributed by atoms with Crippen LogP contribution in [0, 0.1) is 11.8 Å². The molecule has 14 nitrogen and oxygen atoms in total. The number of imidazole rings is 2. The third kappa shape index (κ3) is 16.8. The second-order valence-electron chi connectivity index (χ2n) is 23.4. The van der Waals surface area contributed by atoms with Crippen LogP contribution in [0.25, 0.3) is 34.4 Å². The summed E-state index contributed by atoms with van der Waals surface area (Å²) in [6, 6.07) is 34.1. The van der Waals surface area contributed by atoms with E-state index in [1.807, 2.05) is 48.5 Å². The van der Waals surface area contributed by atoms with Crippen molar-refractivity contribution >= 4 is 68.3 Å². The van der Waals surface area contributed by atoms with Crippen LogP contribution >= 0.6 is 0 Å². The van der Waals surface area contributed by atoms with E-state index in [-0.39, 0.29) is 11.8 Å². The highest BCUT2D eigenvalue weighted by Crippen LogP contribution is 2.40. The Balaban J connectivity index is 1.02. The molecular weight excluding hydrogens is 1110 g/mol. The van der Waals surface area contributed by atoms with Gasteiger partial charge in [-0.15, -0.1) is 0 Å². The van der Waals surface area contributed by atoms with Gasteiger partial charge in [-0.2, -0.15) is 0 Å². The summed E-state index contributed by atoms with van der Waals surface area (Å²) in [5, 5.41) is 6.32. The summed E-state index contributed by atoms with van der Waals surface area (Å²) in [5.41, 5.74) is 12.4. The molecule has 2 aliphatic rings. The Kier molecular flexibility index (Phi) is 22.6. The van der Waals surface area contributed by atoms with Crippen LogP contribution in [0.5, 0.6) is 5.75 Å². The van der Waals surface area contributed by atoms with Gasteiger partial charge in [0.1, 0.15) is 12.4 Å². The average molecular weight is 1200 g/mol. The molecule has 4 heterocycles. The van der Waals surface area contributed by atoms with Crippen molar-refractivity contribution in [3.8, 4) is 28.0 Å². The molecule has 5 aromatic carbocycles. The van der Waals surface area contributed by atoms with Crippen molar-refractivity contribution in [1.29, 1.82) is 0 Å². The molecule has 0 fully saturated rings. The Morgan fingerprint density at radius 2 is 1.05 bits per heavy atom. The number of carbonyl (C=O) groups excluding carboxylic acids is 2. The molecule has 2 atom stereocenters. The van der Waals surface area contributed by atoms with Gasteiger partial charge in [-0.05, 0) is 182 Å². The molecule has 86 heavy (non-hydrogen) atoms. The van der Waals surface area contributed by atoms with Crippen molar-refractivity contribution in [3.63, 3.8) is 0 Å². The van der Waals surface area contributed by atoms with E-state index in [1.165, 1.54) is 0 Å². The van der Waals surface area contributed by atoms with Crippen LogP contribution < -0.4 is 25.2 Å². The Morgan fingerprint density at radius 1 is 0.570 bits per heavy atom. The number of anilines is 4. The van der Waals surface area contributed by atoms with E-state index in [4.69, 9.17) is 9.47 Å². The summed E-state index contributed by atoms with van der Waals surface area (Å²) in [7, 11) is -2.55. The first-order valence-electron chi connectivity index (χ1n) is 30.9. The highest BCUT2D eigenvalue weighted by molar-refractivity contribution is 7.84. The zero-order valence-electron chi connectivity index (χ0n) is 51.3. The maximum atomic E-state index is 14.4. The lowest BCUT2D eigenvalue weighted by molar-refractivity contribution is -0.113. The van der Waals surface area contributed by atoms with Gasteiger partial charge in [0.05, 0.1) is 63.8 Å². The predicted molar refractivity (Wildman–Crippen MR) is 352 cm³/mol. The number of fused-ring (bicyclic) bond motifs is 2. The van der Waals surface area contributed by atoms with Gasteiger partial charge in [-0.25, -0.2) is 9.97 Å². The Morgan fingerprint density at radius 3 is 1.53 bits per heavy atom. The van der Waals surface area contributed by atoms with Crippen LogP contribution in [-0.4, -0.2) is 85.3 Å². The fourth-order valence-electron chi connectivity index (χ4n) is 11.2. The SMILES string of the molecule is CCCCOCCOc1ccc(-c2ccc3c(c2)C=C(C(=O)Nc2ccc(S(=O)Cc4cncn4CCC)cc2)CCCN3CC(C)C)cc1-c1ccc2c(c1)/C=C(/C(=O)Nc1ccc(S(=O)Cc3cncn3CCC)cc1)CCCN2CC(C)C. The second-order valence-corrected chi connectivity index (χ2v) is 26.3. The van der Waals surface area contributed by atoms with Crippen molar-refractivity contribution in [2.24, 2.45) is 11.8 Å². The van der Waals surface area contributed by atoms with Crippen molar-refractivity contribution in [1.82, 2.24) is 19.1 Å². The van der Waals surface area contributed by atoms with E-state index in [1.54, 1.807) is 25.0 Å². The molecule has 2 aliphatic heterocycles. The summed E-state index contributed by atoms with van der Waals surface area (Å²) in [4.78, 5) is 43.5. The highest BCUT2D eigenvalue weighted by Gasteiger charge is 2.24. The maximum absolute atomic E-state index is 14.4. The number of hydrogen-bond acceptors (Lipinski definition) is 10.